The van der Waals surface area contributed by atoms with E-state index in [1.165, 1.54) is 11.9 Å². The van der Waals surface area contributed by atoms with Crippen LogP contribution in [0.5, 0.6) is 0 Å². The molecule has 0 radical (unpaired) electrons. The molecule has 2 atom stereocenters. The van der Waals surface area contributed by atoms with E-state index in [1.54, 1.807) is 11.1 Å². The van der Waals surface area contributed by atoms with E-state index in [2.05, 4.69) is 4.72 Å². The third kappa shape index (κ3) is 2.77. The highest BCUT2D eigenvalue weighted by molar-refractivity contribution is 8.01. The van der Waals surface area contributed by atoms with E-state index in [-0.39, 0.29) is 12.4 Å². The fourth-order valence-corrected chi connectivity index (χ4v) is 2.79. The molecule has 7 heteroatoms. The van der Waals surface area contributed by atoms with Crippen LogP contribution in [0.15, 0.2) is 23.3 Å². The van der Waals surface area contributed by atoms with E-state index >= 15 is 0 Å². The number of aliphatic hydroxyl groups is 1. The lowest BCUT2D eigenvalue weighted by molar-refractivity contribution is -0.121. The highest BCUT2D eigenvalue weighted by Gasteiger charge is 2.42. The normalized spacial score (nSPS) is 32.2. The zero-order valence-electron chi connectivity index (χ0n) is 9.20. The summed E-state index contributed by atoms with van der Waals surface area (Å²) >= 11 is 1.37. The first-order valence-electron chi connectivity index (χ1n) is 5.14. The second-order valence-corrected chi connectivity index (χ2v) is 4.87. The van der Waals surface area contributed by atoms with Crippen molar-refractivity contribution in [1.29, 1.82) is 0 Å². The Labute approximate surface area is 111 Å². The first-order valence-corrected chi connectivity index (χ1v) is 5.95. The Morgan fingerprint density at radius 2 is 2.47 bits per heavy atom. The Balaban J connectivity index is 0.00000144. The summed E-state index contributed by atoms with van der Waals surface area (Å²) in [5, 5.41) is 10.5. The number of nitrogens with two attached hydrogens (primary N) is 1. The molecule has 2 rings (SSSR count). The molecule has 17 heavy (non-hydrogen) atoms. The molecule has 1 saturated heterocycles. The number of likely N-dealkylation sites (tertiary alicyclic amines) is 1. The van der Waals surface area contributed by atoms with Crippen LogP contribution in [0.4, 0.5) is 0 Å². The van der Waals surface area contributed by atoms with Crippen molar-refractivity contribution in [2.24, 2.45) is 5.73 Å². The third-order valence-corrected chi connectivity index (χ3v) is 3.94. The van der Waals surface area contributed by atoms with Gasteiger partial charge in [0.1, 0.15) is 5.60 Å². The lowest BCUT2D eigenvalue weighted by Gasteiger charge is -2.42. The summed E-state index contributed by atoms with van der Waals surface area (Å²) in [5.74, 6) is 0. The molecule has 2 aliphatic heterocycles. The zero-order valence-corrected chi connectivity index (χ0v) is 10.8. The number of carbonyl (C=O) groups excluding carboxylic acids is 1. The molecule has 2 aliphatic rings. The molecule has 0 spiro atoms. The second kappa shape index (κ2) is 5.77. The van der Waals surface area contributed by atoms with Crippen molar-refractivity contribution in [2.45, 2.75) is 18.1 Å². The third-order valence-electron chi connectivity index (χ3n) is 2.98. The van der Waals surface area contributed by atoms with Gasteiger partial charge in [0.2, 0.25) is 6.41 Å². The van der Waals surface area contributed by atoms with E-state index in [1.807, 2.05) is 12.2 Å². The standard InChI is InChI=1S/C10H15N3O2S.ClH/c11-8-6-13(7-14)5-3-10(8,15)9-2-1-4-12-16-9;/h1-2,4,7-8,12,15H,3,5-6,11H2;1H/t8-,10+;/m0./s1. The molecule has 1 amide bonds. The molecule has 0 bridgehead atoms. The Kier molecular flexibility index (Phi) is 4.88. The molecule has 0 unspecified atom stereocenters. The van der Waals surface area contributed by atoms with Crippen LogP contribution in [-0.2, 0) is 4.79 Å². The van der Waals surface area contributed by atoms with Gasteiger partial charge in [0, 0.05) is 30.6 Å². The molecule has 0 aliphatic carbocycles. The number of hydrogen-bond donors (Lipinski definition) is 3. The number of piperidine rings is 1. The number of hydrogen-bond acceptors (Lipinski definition) is 5. The fraction of sp³-hybridized carbons (Fsp3) is 0.500. The first-order chi connectivity index (χ1) is 7.66. The highest BCUT2D eigenvalue weighted by Crippen LogP contribution is 2.35. The van der Waals surface area contributed by atoms with Gasteiger partial charge in [0.05, 0.1) is 6.04 Å². The maximum atomic E-state index is 10.6. The minimum absolute atomic E-state index is 0. The summed E-state index contributed by atoms with van der Waals surface area (Å²) in [7, 11) is 0. The molecule has 0 aromatic rings. The van der Waals surface area contributed by atoms with Crippen molar-refractivity contribution in [1.82, 2.24) is 9.62 Å². The Bertz CT molecular complexity index is 350. The predicted molar refractivity (Wildman–Crippen MR) is 70.4 cm³/mol. The topological polar surface area (TPSA) is 78.6 Å². The average molecular weight is 278 g/mol. The van der Waals surface area contributed by atoms with Gasteiger partial charge in [-0.2, -0.15) is 0 Å². The molecule has 4 N–H and O–H groups in total. The number of amides is 1. The molecular formula is C10H16ClN3O2S. The summed E-state index contributed by atoms with van der Waals surface area (Å²) in [6.45, 7) is 0.928. The van der Waals surface area contributed by atoms with Crippen molar-refractivity contribution >= 4 is 30.8 Å². The van der Waals surface area contributed by atoms with Gasteiger partial charge in [-0.15, -0.1) is 12.4 Å². The maximum absolute atomic E-state index is 10.6. The quantitative estimate of drug-likeness (QED) is 0.488. The van der Waals surface area contributed by atoms with Crippen LogP contribution in [0.3, 0.4) is 0 Å². The fourth-order valence-electron chi connectivity index (χ4n) is 1.94. The molecule has 0 saturated carbocycles. The van der Waals surface area contributed by atoms with Crippen LogP contribution in [0.1, 0.15) is 6.42 Å². The molecule has 0 aromatic carbocycles. The van der Waals surface area contributed by atoms with Crippen LogP contribution >= 0.6 is 24.4 Å². The SMILES string of the molecule is Cl.N[C@H]1CN(C=O)CC[C@]1(O)C1=CC=CNS1. The second-order valence-electron chi connectivity index (χ2n) is 3.99. The first kappa shape index (κ1) is 14.4. The minimum atomic E-state index is -1.03. The lowest BCUT2D eigenvalue weighted by atomic mass is 9.86. The van der Waals surface area contributed by atoms with Crippen LogP contribution in [0.2, 0.25) is 0 Å². The number of carbonyl (C=O) groups is 1. The van der Waals surface area contributed by atoms with E-state index < -0.39 is 11.6 Å². The van der Waals surface area contributed by atoms with Gasteiger partial charge in [-0.3, -0.25) is 4.79 Å². The van der Waals surface area contributed by atoms with E-state index in [9.17, 15) is 9.90 Å². The summed E-state index contributed by atoms with van der Waals surface area (Å²) in [6, 6.07) is -0.446. The molecule has 96 valence electrons. The zero-order chi connectivity index (χ0) is 11.6. The van der Waals surface area contributed by atoms with Crippen LogP contribution in [-0.4, -0.2) is 41.1 Å². The van der Waals surface area contributed by atoms with Crippen LogP contribution in [0.25, 0.3) is 0 Å². The monoisotopic (exact) mass is 277 g/mol. The molecule has 5 nitrogen and oxygen atoms in total. The van der Waals surface area contributed by atoms with Gasteiger partial charge in [-0.05, 0) is 24.1 Å². The molecule has 1 fully saturated rings. The van der Waals surface area contributed by atoms with Crippen LogP contribution < -0.4 is 10.5 Å². The van der Waals surface area contributed by atoms with Crippen molar-refractivity contribution in [3.05, 3.63) is 23.3 Å². The summed E-state index contributed by atoms with van der Waals surface area (Å²) in [5.41, 5.74) is 4.93. The van der Waals surface area contributed by atoms with E-state index in [4.69, 9.17) is 5.73 Å². The van der Waals surface area contributed by atoms with Crippen molar-refractivity contribution in [2.75, 3.05) is 13.1 Å². The smallest absolute Gasteiger partial charge is 0.209 e. The van der Waals surface area contributed by atoms with Crippen LogP contribution in [0, 0.1) is 0 Å². The van der Waals surface area contributed by atoms with E-state index in [0.29, 0.717) is 19.5 Å². The van der Waals surface area contributed by atoms with E-state index in [0.717, 1.165) is 11.3 Å². The number of halogens is 1. The van der Waals surface area contributed by atoms with Gasteiger partial charge in [-0.1, -0.05) is 0 Å². The van der Waals surface area contributed by atoms with Gasteiger partial charge in [0.15, 0.2) is 0 Å². The number of allylic oxidation sites excluding steroid dienone is 2. The van der Waals surface area contributed by atoms with Crippen molar-refractivity contribution in [3.8, 4) is 0 Å². The van der Waals surface area contributed by atoms with Gasteiger partial charge in [-0.25, -0.2) is 0 Å². The predicted octanol–water partition coefficient (Wildman–Crippen LogP) is -0.0223. The summed E-state index contributed by atoms with van der Waals surface area (Å²) < 4.78 is 2.97. The van der Waals surface area contributed by atoms with Gasteiger partial charge < -0.3 is 20.5 Å². The number of rotatable bonds is 2. The maximum Gasteiger partial charge on any atom is 0.209 e. The highest BCUT2D eigenvalue weighted by atomic mass is 35.5. The molecular weight excluding hydrogens is 262 g/mol. The van der Waals surface area contributed by atoms with Gasteiger partial charge in [0.25, 0.3) is 0 Å². The Hall–Kier alpha value is -0.690. The number of nitrogens with one attached hydrogen (secondary N) is 1. The lowest BCUT2D eigenvalue weighted by Crippen LogP contribution is -2.60. The molecule has 0 aromatic heterocycles. The van der Waals surface area contributed by atoms with Gasteiger partial charge >= 0.3 is 0 Å². The summed E-state index contributed by atoms with van der Waals surface area (Å²) in [6.07, 6.45) is 6.74. The summed E-state index contributed by atoms with van der Waals surface area (Å²) in [4.78, 5) is 13.0. The Morgan fingerprint density at radius 3 is 3.00 bits per heavy atom. The Morgan fingerprint density at radius 1 is 1.71 bits per heavy atom. The average Bonchev–Trinajstić information content (AvgIpc) is 2.34. The minimum Gasteiger partial charge on any atom is -0.383 e. The van der Waals surface area contributed by atoms with Crippen molar-refractivity contribution in [3.63, 3.8) is 0 Å². The number of nitrogens with zero attached hydrogens (tertiary/aromatic N) is 1. The van der Waals surface area contributed by atoms with Crippen molar-refractivity contribution < 1.29 is 9.90 Å². The largest absolute Gasteiger partial charge is 0.383 e. The molecule has 2 heterocycles.